The highest BCUT2D eigenvalue weighted by Gasteiger charge is 2.16. The van der Waals surface area contributed by atoms with Gasteiger partial charge in [-0.3, -0.25) is 0 Å². The van der Waals surface area contributed by atoms with Gasteiger partial charge in [-0.1, -0.05) is 22.9 Å². The molecule has 0 radical (unpaired) electrons. The number of aromatic nitrogens is 2. The topological polar surface area (TPSA) is 57.4 Å². The number of nitrogens with zero attached hydrogens (tertiary/aromatic N) is 2. The lowest BCUT2D eigenvalue weighted by Crippen LogP contribution is -1.88. The van der Waals surface area contributed by atoms with E-state index in [-0.39, 0.29) is 4.83 Å². The van der Waals surface area contributed by atoms with Crippen LogP contribution in [0.3, 0.4) is 0 Å². The van der Waals surface area contributed by atoms with E-state index in [1.807, 2.05) is 19.1 Å². The number of alkyl halides is 1. The third-order valence-corrected chi connectivity index (χ3v) is 3.70. The normalized spacial score (nSPS) is 12.2. The summed E-state index contributed by atoms with van der Waals surface area (Å²) >= 11 is 3.48. The Morgan fingerprint density at radius 1 is 1.16 bits per heavy atom. The molecule has 0 fully saturated rings. The Morgan fingerprint density at radius 2 is 1.79 bits per heavy atom. The molecule has 1 unspecified atom stereocenters. The van der Waals surface area contributed by atoms with E-state index >= 15 is 0 Å². The van der Waals surface area contributed by atoms with Gasteiger partial charge >= 0.3 is 0 Å². The van der Waals surface area contributed by atoms with Crippen molar-refractivity contribution in [3.05, 3.63) is 24.1 Å². The van der Waals surface area contributed by atoms with E-state index in [0.717, 1.165) is 12.0 Å². The first-order chi connectivity index (χ1) is 9.17. The van der Waals surface area contributed by atoms with Crippen LogP contribution in [0.1, 0.15) is 24.1 Å². The molecule has 0 saturated carbocycles. The van der Waals surface area contributed by atoms with Crippen LogP contribution in [0.25, 0.3) is 11.5 Å². The highest BCUT2D eigenvalue weighted by atomic mass is 79.9. The molecule has 2 aromatic rings. The highest BCUT2D eigenvalue weighted by Crippen LogP contribution is 2.31. The third-order valence-electron chi connectivity index (χ3n) is 2.67. The molecule has 0 amide bonds. The largest absolute Gasteiger partial charge is 0.497 e. The summed E-state index contributed by atoms with van der Waals surface area (Å²) in [5.41, 5.74) is 0.769. The minimum atomic E-state index is 0.0706. The lowest BCUT2D eigenvalue weighted by atomic mass is 10.2. The quantitative estimate of drug-likeness (QED) is 0.786. The van der Waals surface area contributed by atoms with E-state index in [1.165, 1.54) is 0 Å². The average molecular weight is 327 g/mol. The lowest BCUT2D eigenvalue weighted by Gasteiger charge is -2.05. The van der Waals surface area contributed by atoms with E-state index in [0.29, 0.717) is 23.3 Å². The molecule has 102 valence electrons. The van der Waals surface area contributed by atoms with Gasteiger partial charge in [0.2, 0.25) is 11.8 Å². The molecule has 0 aliphatic rings. The van der Waals surface area contributed by atoms with E-state index < -0.39 is 0 Å². The number of methoxy groups -OCH3 is 2. The smallest absolute Gasteiger partial charge is 0.248 e. The molecule has 0 bridgehead atoms. The van der Waals surface area contributed by atoms with Crippen molar-refractivity contribution in [2.75, 3.05) is 14.2 Å². The van der Waals surface area contributed by atoms with Gasteiger partial charge in [0.05, 0.1) is 19.0 Å². The molecule has 1 aromatic carbocycles. The van der Waals surface area contributed by atoms with Crippen molar-refractivity contribution in [1.82, 2.24) is 10.2 Å². The minimum Gasteiger partial charge on any atom is -0.497 e. The zero-order valence-electron chi connectivity index (χ0n) is 11.0. The molecule has 1 heterocycles. The fraction of sp³-hybridized carbons (Fsp3) is 0.385. The van der Waals surface area contributed by atoms with Crippen LogP contribution in [0.15, 0.2) is 22.6 Å². The first kappa shape index (κ1) is 13.9. The summed E-state index contributed by atoms with van der Waals surface area (Å²) in [6.45, 7) is 2.04. The van der Waals surface area contributed by atoms with Gasteiger partial charge in [-0.25, -0.2) is 0 Å². The molecule has 0 aliphatic heterocycles. The van der Waals surface area contributed by atoms with Crippen LogP contribution in [-0.4, -0.2) is 24.4 Å². The molecule has 0 aliphatic carbocycles. The van der Waals surface area contributed by atoms with E-state index in [4.69, 9.17) is 13.9 Å². The maximum Gasteiger partial charge on any atom is 0.248 e. The summed E-state index contributed by atoms with van der Waals surface area (Å²) in [6.07, 6.45) is 0.878. The van der Waals surface area contributed by atoms with Crippen LogP contribution in [0.4, 0.5) is 0 Å². The summed E-state index contributed by atoms with van der Waals surface area (Å²) in [7, 11) is 3.20. The SMILES string of the molecule is CCC(Br)c1nnc(-c2cc(OC)cc(OC)c2)o1. The number of ether oxygens (including phenoxy) is 2. The molecule has 19 heavy (non-hydrogen) atoms. The molecular weight excluding hydrogens is 312 g/mol. The molecule has 0 spiro atoms. The Morgan fingerprint density at radius 3 is 2.32 bits per heavy atom. The standard InChI is InChI=1S/C13H15BrN2O3/c1-4-11(14)13-16-15-12(19-13)8-5-9(17-2)7-10(6-8)18-3/h5-7,11H,4H2,1-3H3. The van der Waals surface area contributed by atoms with Gasteiger partial charge < -0.3 is 13.9 Å². The fourth-order valence-electron chi connectivity index (χ4n) is 1.58. The van der Waals surface area contributed by atoms with Gasteiger partial charge in [-0.15, -0.1) is 10.2 Å². The fourth-order valence-corrected chi connectivity index (χ4v) is 1.77. The number of halogens is 1. The molecule has 5 nitrogen and oxygen atoms in total. The Balaban J connectivity index is 2.37. The second kappa shape index (κ2) is 6.06. The van der Waals surface area contributed by atoms with Crippen molar-refractivity contribution >= 4 is 15.9 Å². The summed E-state index contributed by atoms with van der Waals surface area (Å²) < 4.78 is 16.1. The maximum atomic E-state index is 5.64. The predicted octanol–water partition coefficient (Wildman–Crippen LogP) is 3.60. The Hall–Kier alpha value is -1.56. The summed E-state index contributed by atoms with van der Waals surface area (Å²) in [5, 5.41) is 8.08. The van der Waals surface area contributed by atoms with Crippen LogP contribution < -0.4 is 9.47 Å². The predicted molar refractivity (Wildman–Crippen MR) is 74.8 cm³/mol. The first-order valence-electron chi connectivity index (χ1n) is 5.88. The third kappa shape index (κ3) is 3.07. The van der Waals surface area contributed by atoms with E-state index in [2.05, 4.69) is 26.1 Å². The summed E-state index contributed by atoms with van der Waals surface area (Å²) in [4.78, 5) is 0.0706. The monoisotopic (exact) mass is 326 g/mol. The zero-order valence-corrected chi connectivity index (χ0v) is 12.6. The van der Waals surface area contributed by atoms with Gasteiger partial charge in [0, 0.05) is 11.6 Å². The highest BCUT2D eigenvalue weighted by molar-refractivity contribution is 9.09. The van der Waals surface area contributed by atoms with Crippen LogP contribution in [0, 0.1) is 0 Å². The summed E-state index contributed by atoms with van der Waals surface area (Å²) in [5.74, 6) is 2.38. The maximum absolute atomic E-state index is 5.64. The van der Waals surface area contributed by atoms with Crippen LogP contribution in [0.5, 0.6) is 11.5 Å². The van der Waals surface area contributed by atoms with Crippen molar-refractivity contribution in [2.45, 2.75) is 18.2 Å². The molecule has 6 heteroatoms. The average Bonchev–Trinajstić information content (AvgIpc) is 2.95. The van der Waals surface area contributed by atoms with Crippen molar-refractivity contribution in [1.29, 1.82) is 0 Å². The zero-order chi connectivity index (χ0) is 13.8. The molecular formula is C13H15BrN2O3. The van der Waals surface area contributed by atoms with Crippen LogP contribution >= 0.6 is 15.9 Å². The number of benzene rings is 1. The first-order valence-corrected chi connectivity index (χ1v) is 6.80. The van der Waals surface area contributed by atoms with Crippen molar-refractivity contribution in [3.63, 3.8) is 0 Å². The van der Waals surface area contributed by atoms with Gasteiger partial charge in [0.25, 0.3) is 0 Å². The lowest BCUT2D eigenvalue weighted by molar-refractivity contribution is 0.394. The molecule has 0 saturated heterocycles. The van der Waals surface area contributed by atoms with Gasteiger partial charge in [-0.05, 0) is 18.6 Å². The second-order valence-electron chi connectivity index (χ2n) is 3.92. The number of hydrogen-bond acceptors (Lipinski definition) is 5. The second-order valence-corrected chi connectivity index (χ2v) is 5.03. The molecule has 0 N–H and O–H groups in total. The van der Waals surface area contributed by atoms with Crippen molar-refractivity contribution in [2.24, 2.45) is 0 Å². The van der Waals surface area contributed by atoms with Crippen molar-refractivity contribution < 1.29 is 13.9 Å². The molecule has 2 rings (SSSR count). The van der Waals surface area contributed by atoms with E-state index in [9.17, 15) is 0 Å². The minimum absolute atomic E-state index is 0.0706. The Labute approximate surface area is 120 Å². The Bertz CT molecular complexity index is 534. The molecule has 1 aromatic heterocycles. The van der Waals surface area contributed by atoms with Crippen LogP contribution in [-0.2, 0) is 0 Å². The van der Waals surface area contributed by atoms with Gasteiger partial charge in [0.15, 0.2) is 0 Å². The van der Waals surface area contributed by atoms with E-state index in [1.54, 1.807) is 20.3 Å². The number of rotatable bonds is 5. The van der Waals surface area contributed by atoms with Gasteiger partial charge in [0.1, 0.15) is 11.5 Å². The van der Waals surface area contributed by atoms with Crippen molar-refractivity contribution in [3.8, 4) is 23.0 Å². The number of hydrogen-bond donors (Lipinski definition) is 0. The van der Waals surface area contributed by atoms with Gasteiger partial charge in [-0.2, -0.15) is 0 Å². The molecule has 1 atom stereocenters. The Kier molecular flexibility index (Phi) is 4.42. The summed E-state index contributed by atoms with van der Waals surface area (Å²) in [6, 6.07) is 5.45. The van der Waals surface area contributed by atoms with Crippen LogP contribution in [0.2, 0.25) is 0 Å².